The number of thiazole rings is 1. The number of aliphatic carboxylic acids is 1. The second kappa shape index (κ2) is 14.4. The largest absolute Gasteiger partial charge is 0.490 e. The van der Waals surface area contributed by atoms with E-state index in [4.69, 9.17) is 24.4 Å². The summed E-state index contributed by atoms with van der Waals surface area (Å²) in [5.74, 6) is -2.77. The van der Waals surface area contributed by atoms with E-state index in [0.717, 1.165) is 79.3 Å². The molecule has 0 radical (unpaired) electrons. The van der Waals surface area contributed by atoms with E-state index in [1.807, 2.05) is 13.8 Å². The minimum atomic E-state index is -5.08. The maximum Gasteiger partial charge on any atom is 0.490 e. The molecule has 1 unspecified atom stereocenters. The van der Waals surface area contributed by atoms with Crippen LogP contribution in [-0.4, -0.2) is 90.7 Å². The van der Waals surface area contributed by atoms with Crippen molar-refractivity contribution in [2.75, 3.05) is 56.3 Å². The van der Waals surface area contributed by atoms with E-state index < -0.39 is 12.1 Å². The molecule has 14 heteroatoms. The van der Waals surface area contributed by atoms with Crippen LogP contribution in [0.3, 0.4) is 0 Å². The van der Waals surface area contributed by atoms with Gasteiger partial charge < -0.3 is 30.1 Å². The average Bonchev–Trinajstić information content (AvgIpc) is 3.42. The lowest BCUT2D eigenvalue weighted by molar-refractivity contribution is -0.192. The summed E-state index contributed by atoms with van der Waals surface area (Å²) in [5, 5.41) is 14.7. The highest BCUT2D eigenvalue weighted by atomic mass is 32.1. The van der Waals surface area contributed by atoms with Gasteiger partial charge in [0, 0.05) is 49.5 Å². The predicted molar refractivity (Wildman–Crippen MR) is 169 cm³/mol. The summed E-state index contributed by atoms with van der Waals surface area (Å²) in [5.41, 5.74) is 5.35. The van der Waals surface area contributed by atoms with Crippen molar-refractivity contribution in [3.8, 4) is 0 Å². The van der Waals surface area contributed by atoms with Crippen LogP contribution in [0, 0.1) is 0 Å². The SMILES string of the molecule is CC1(C)Cc2nc(N3CCOCC3Cc3cccc(Nc4ccc(CN5CCOCC5)cc4)c3)sc2C(=O)N1.O=C(O)C(F)(F)F. The normalized spacial score (nSPS) is 19.8. The van der Waals surface area contributed by atoms with Gasteiger partial charge in [-0.15, -0.1) is 0 Å². The maximum absolute atomic E-state index is 12.7. The molecule has 1 atom stereocenters. The van der Waals surface area contributed by atoms with Crippen LogP contribution in [0.25, 0.3) is 0 Å². The van der Waals surface area contributed by atoms with Crippen LogP contribution < -0.4 is 15.5 Å². The molecule has 3 aliphatic rings. The highest BCUT2D eigenvalue weighted by Gasteiger charge is 2.38. The van der Waals surface area contributed by atoms with Gasteiger partial charge in [0.05, 0.1) is 38.2 Å². The van der Waals surface area contributed by atoms with Crippen LogP contribution in [0.2, 0.25) is 0 Å². The number of hydrogen-bond donors (Lipinski definition) is 3. The lowest BCUT2D eigenvalue weighted by Crippen LogP contribution is -2.48. The van der Waals surface area contributed by atoms with Gasteiger partial charge in [0.1, 0.15) is 4.88 Å². The Balaban J connectivity index is 0.000000537. The molecule has 4 heterocycles. The fourth-order valence-corrected chi connectivity index (χ4v) is 6.66. The molecule has 248 valence electrons. The molecule has 0 aliphatic carbocycles. The molecule has 0 spiro atoms. The van der Waals surface area contributed by atoms with Crippen LogP contribution in [0.1, 0.15) is 40.3 Å². The Kier molecular flexibility index (Phi) is 10.5. The first kappa shape index (κ1) is 33.6. The first-order chi connectivity index (χ1) is 21.9. The number of benzene rings is 2. The topological polar surface area (TPSA) is 116 Å². The number of rotatable bonds is 7. The molecule has 0 saturated carbocycles. The fraction of sp³-hybridized carbons (Fsp3) is 0.469. The number of carboxylic acids is 1. The first-order valence-electron chi connectivity index (χ1n) is 15.1. The molecule has 3 aliphatic heterocycles. The zero-order valence-corrected chi connectivity index (χ0v) is 26.5. The van der Waals surface area contributed by atoms with Crippen LogP contribution in [0.4, 0.5) is 29.7 Å². The number of morpholine rings is 2. The van der Waals surface area contributed by atoms with E-state index in [2.05, 4.69) is 69.0 Å². The first-order valence-corrected chi connectivity index (χ1v) is 15.9. The summed E-state index contributed by atoms with van der Waals surface area (Å²) in [4.78, 5) is 32.0. The smallest absolute Gasteiger partial charge is 0.475 e. The molecular weight excluding hydrogens is 623 g/mol. The molecule has 3 N–H and O–H groups in total. The Morgan fingerprint density at radius 2 is 1.76 bits per heavy atom. The quantitative estimate of drug-likeness (QED) is 0.327. The number of halogens is 3. The summed E-state index contributed by atoms with van der Waals surface area (Å²) in [7, 11) is 0. The van der Waals surface area contributed by atoms with Gasteiger partial charge in [-0.1, -0.05) is 35.6 Å². The van der Waals surface area contributed by atoms with Gasteiger partial charge in [0.25, 0.3) is 5.91 Å². The summed E-state index contributed by atoms with van der Waals surface area (Å²) in [6, 6.07) is 17.5. The molecule has 2 fully saturated rings. The third-order valence-electron chi connectivity index (χ3n) is 7.82. The number of anilines is 3. The summed E-state index contributed by atoms with van der Waals surface area (Å²) in [6.07, 6.45) is -3.49. The molecule has 2 aromatic carbocycles. The number of carboxylic acid groups (broad SMARTS) is 1. The number of alkyl halides is 3. The lowest BCUT2D eigenvalue weighted by atomic mass is 9.94. The summed E-state index contributed by atoms with van der Waals surface area (Å²) >= 11 is 1.51. The summed E-state index contributed by atoms with van der Waals surface area (Å²) in [6.45, 7) is 10.8. The van der Waals surface area contributed by atoms with Crippen molar-refractivity contribution in [1.82, 2.24) is 15.2 Å². The summed E-state index contributed by atoms with van der Waals surface area (Å²) < 4.78 is 43.1. The second-order valence-electron chi connectivity index (χ2n) is 12.1. The third kappa shape index (κ3) is 8.96. The van der Waals surface area contributed by atoms with E-state index in [-0.39, 0.29) is 17.5 Å². The Morgan fingerprint density at radius 3 is 2.46 bits per heavy atom. The van der Waals surface area contributed by atoms with Crippen molar-refractivity contribution < 1.29 is 37.3 Å². The van der Waals surface area contributed by atoms with Gasteiger partial charge in [-0.25, -0.2) is 9.78 Å². The van der Waals surface area contributed by atoms with Crippen molar-refractivity contribution in [2.45, 2.75) is 51.0 Å². The Bertz CT molecular complexity index is 1510. The Labute approximate surface area is 269 Å². The second-order valence-corrected chi connectivity index (χ2v) is 13.1. The fourth-order valence-electron chi connectivity index (χ4n) is 5.59. The number of hydrogen-bond acceptors (Lipinski definition) is 9. The molecule has 1 amide bonds. The molecular formula is C32H38F3N5O5S. The minimum Gasteiger partial charge on any atom is -0.475 e. The number of carbonyl (C=O) groups is 2. The van der Waals surface area contributed by atoms with Crippen molar-refractivity contribution in [2.24, 2.45) is 0 Å². The van der Waals surface area contributed by atoms with E-state index in [1.165, 1.54) is 22.5 Å². The van der Waals surface area contributed by atoms with Gasteiger partial charge in [-0.3, -0.25) is 9.69 Å². The number of aromatic nitrogens is 1. The Morgan fingerprint density at radius 1 is 1.07 bits per heavy atom. The highest BCUT2D eigenvalue weighted by Crippen LogP contribution is 2.34. The maximum atomic E-state index is 12.7. The lowest BCUT2D eigenvalue weighted by Gasteiger charge is -2.35. The number of amides is 1. The van der Waals surface area contributed by atoms with E-state index in [0.29, 0.717) is 13.2 Å². The zero-order valence-electron chi connectivity index (χ0n) is 25.7. The van der Waals surface area contributed by atoms with Gasteiger partial charge in [0.2, 0.25) is 0 Å². The molecule has 6 rings (SSSR count). The van der Waals surface area contributed by atoms with Crippen LogP contribution >= 0.6 is 11.3 Å². The van der Waals surface area contributed by atoms with Gasteiger partial charge >= 0.3 is 12.1 Å². The van der Waals surface area contributed by atoms with E-state index >= 15 is 0 Å². The van der Waals surface area contributed by atoms with Crippen LogP contribution in [-0.2, 0) is 33.7 Å². The Hall–Kier alpha value is -3.72. The van der Waals surface area contributed by atoms with Gasteiger partial charge in [0.15, 0.2) is 5.13 Å². The molecule has 1 aromatic heterocycles. The highest BCUT2D eigenvalue weighted by molar-refractivity contribution is 7.17. The third-order valence-corrected chi connectivity index (χ3v) is 8.95. The van der Waals surface area contributed by atoms with E-state index in [1.54, 1.807) is 0 Å². The van der Waals surface area contributed by atoms with Crippen molar-refractivity contribution in [1.29, 1.82) is 0 Å². The van der Waals surface area contributed by atoms with Crippen molar-refractivity contribution >= 4 is 39.7 Å². The molecule has 10 nitrogen and oxygen atoms in total. The van der Waals surface area contributed by atoms with Crippen molar-refractivity contribution in [3.05, 3.63) is 70.2 Å². The number of ether oxygens (including phenoxy) is 2. The number of fused-ring (bicyclic) bond motifs is 1. The zero-order chi connectivity index (χ0) is 32.9. The van der Waals surface area contributed by atoms with Crippen LogP contribution in [0.5, 0.6) is 0 Å². The number of nitrogens with one attached hydrogen (secondary N) is 2. The monoisotopic (exact) mass is 661 g/mol. The van der Waals surface area contributed by atoms with Crippen molar-refractivity contribution in [3.63, 3.8) is 0 Å². The molecule has 46 heavy (non-hydrogen) atoms. The molecule has 3 aromatic rings. The minimum absolute atomic E-state index is 0.0114. The molecule has 0 bridgehead atoms. The number of carbonyl (C=O) groups excluding carboxylic acids is 1. The van der Waals surface area contributed by atoms with Crippen LogP contribution in [0.15, 0.2) is 48.5 Å². The molecule has 2 saturated heterocycles. The predicted octanol–water partition coefficient (Wildman–Crippen LogP) is 4.86. The number of nitrogens with zero attached hydrogens (tertiary/aromatic N) is 3. The van der Waals surface area contributed by atoms with Gasteiger partial charge in [-0.05, 0) is 55.7 Å². The standard InChI is InChI=1S/C30H37N5O3S.C2HF3O2/c1-30(2)18-26-27(28(36)33-30)39-29(32-26)35-12-15-38-20-25(35)17-22-4-3-5-24(16-22)31-23-8-6-21(7-9-23)19-34-10-13-37-14-11-34;3-2(4,5)1(6)7/h3-9,16,25,31H,10-15,17-20H2,1-2H3,(H,33,36);(H,6,7). The van der Waals surface area contributed by atoms with Gasteiger partial charge in [-0.2, -0.15) is 13.2 Å². The van der Waals surface area contributed by atoms with E-state index in [9.17, 15) is 18.0 Å². The average molecular weight is 662 g/mol.